The highest BCUT2D eigenvalue weighted by atomic mass is 32.1. The summed E-state index contributed by atoms with van der Waals surface area (Å²) < 4.78 is 13.8. The monoisotopic (exact) mass is 605 g/mol. The summed E-state index contributed by atoms with van der Waals surface area (Å²) in [6.07, 6.45) is 1.78. The third-order valence-electron chi connectivity index (χ3n) is 7.94. The Labute approximate surface area is 260 Å². The number of non-ortho nitro benzene ring substituents is 1. The fourth-order valence-electron chi connectivity index (χ4n) is 5.84. The van der Waals surface area contributed by atoms with Crippen molar-refractivity contribution in [3.63, 3.8) is 0 Å². The molecule has 0 saturated carbocycles. The molecule has 6 rings (SSSR count). The normalized spacial score (nSPS) is 16.1. The molecule has 44 heavy (non-hydrogen) atoms. The van der Waals surface area contributed by atoms with Crippen molar-refractivity contribution in [1.29, 1.82) is 0 Å². The number of anilines is 1. The van der Waals surface area contributed by atoms with E-state index in [1.807, 2.05) is 87.5 Å². The van der Waals surface area contributed by atoms with E-state index < -0.39 is 4.92 Å². The molecule has 1 N–H and O–H groups in total. The summed E-state index contributed by atoms with van der Waals surface area (Å²) >= 11 is 5.95. The molecule has 0 spiro atoms. The highest BCUT2D eigenvalue weighted by molar-refractivity contribution is 7.80. The molecule has 0 radical (unpaired) electrons. The Bertz CT molecular complexity index is 1860. The first-order chi connectivity index (χ1) is 21.3. The minimum absolute atomic E-state index is 0.0325. The lowest BCUT2D eigenvalue weighted by Gasteiger charge is -2.28. The zero-order valence-corrected chi connectivity index (χ0v) is 25.5. The number of nitro groups is 1. The summed E-state index contributed by atoms with van der Waals surface area (Å²) in [6.45, 7) is 6.07. The van der Waals surface area contributed by atoms with Gasteiger partial charge in [-0.15, -0.1) is 0 Å². The summed E-state index contributed by atoms with van der Waals surface area (Å²) in [5.41, 5.74) is 6.44. The smallest absolute Gasteiger partial charge is 0.273 e. The summed E-state index contributed by atoms with van der Waals surface area (Å²) in [5.74, 6) is 1.94. The van der Waals surface area contributed by atoms with Crippen LogP contribution in [-0.4, -0.2) is 26.7 Å². The van der Waals surface area contributed by atoms with Gasteiger partial charge < -0.3 is 24.3 Å². The van der Waals surface area contributed by atoms with Crippen molar-refractivity contribution in [2.75, 3.05) is 12.0 Å². The van der Waals surface area contributed by atoms with Gasteiger partial charge in [-0.3, -0.25) is 15.1 Å². The van der Waals surface area contributed by atoms with Crippen LogP contribution in [0, 0.1) is 30.9 Å². The lowest BCUT2D eigenvalue weighted by molar-refractivity contribution is -0.384. The number of thiocarbonyl (C=S) groups is 1. The van der Waals surface area contributed by atoms with Crippen LogP contribution in [0.25, 0.3) is 5.69 Å². The van der Waals surface area contributed by atoms with E-state index in [9.17, 15) is 10.1 Å². The first-order valence-corrected chi connectivity index (χ1v) is 14.5. The van der Waals surface area contributed by atoms with Gasteiger partial charge in [-0.2, -0.15) is 0 Å². The van der Waals surface area contributed by atoms with Crippen LogP contribution in [0.4, 0.5) is 11.4 Å². The lowest BCUT2D eigenvalue weighted by atomic mass is 9.96. The summed E-state index contributed by atoms with van der Waals surface area (Å²) in [6, 6.07) is 28.0. The number of pyridine rings is 1. The second-order valence-electron chi connectivity index (χ2n) is 10.6. The van der Waals surface area contributed by atoms with Gasteiger partial charge in [-0.25, -0.2) is 0 Å². The van der Waals surface area contributed by atoms with Gasteiger partial charge in [0.15, 0.2) is 5.11 Å². The number of aromatic nitrogens is 2. The SMILES string of the molecule is COc1cc([N+](=O)[O-])ccc1-n1c(C)cc([C@@H]2[C@H](c3ccccn3)NC(=S)N2c2ccc(Oc3ccccc3C)cc2)c1C. The predicted molar refractivity (Wildman–Crippen MR) is 174 cm³/mol. The Balaban J connectivity index is 1.43. The third kappa shape index (κ3) is 5.24. The predicted octanol–water partition coefficient (Wildman–Crippen LogP) is 7.68. The molecule has 1 aliphatic heterocycles. The fourth-order valence-corrected chi connectivity index (χ4v) is 6.19. The van der Waals surface area contributed by atoms with Crippen molar-refractivity contribution < 1.29 is 14.4 Å². The van der Waals surface area contributed by atoms with Gasteiger partial charge in [-0.1, -0.05) is 24.3 Å². The average molecular weight is 606 g/mol. The Morgan fingerprint density at radius 3 is 2.36 bits per heavy atom. The molecular weight excluding hydrogens is 574 g/mol. The Morgan fingerprint density at radius 1 is 0.932 bits per heavy atom. The molecule has 5 aromatic rings. The van der Waals surface area contributed by atoms with Gasteiger partial charge >= 0.3 is 0 Å². The Hall–Kier alpha value is -5.22. The molecule has 2 atom stereocenters. The minimum Gasteiger partial charge on any atom is -0.494 e. The molecule has 1 aliphatic rings. The first-order valence-electron chi connectivity index (χ1n) is 14.1. The first kappa shape index (κ1) is 28.9. The van der Waals surface area contributed by atoms with E-state index in [4.69, 9.17) is 21.7 Å². The topological polar surface area (TPSA) is 94.7 Å². The van der Waals surface area contributed by atoms with E-state index >= 15 is 0 Å². The van der Waals surface area contributed by atoms with Crippen LogP contribution in [0.3, 0.4) is 0 Å². The molecule has 3 heterocycles. The maximum atomic E-state index is 11.4. The highest BCUT2D eigenvalue weighted by Crippen LogP contribution is 2.45. The molecule has 9 nitrogen and oxygen atoms in total. The van der Waals surface area contributed by atoms with E-state index in [1.165, 1.54) is 19.2 Å². The zero-order chi connectivity index (χ0) is 31.0. The van der Waals surface area contributed by atoms with Gasteiger partial charge in [0.25, 0.3) is 5.69 Å². The maximum Gasteiger partial charge on any atom is 0.273 e. The van der Waals surface area contributed by atoms with Crippen molar-refractivity contribution in [2.45, 2.75) is 32.9 Å². The molecule has 0 amide bonds. The number of rotatable bonds is 8. The Morgan fingerprint density at radius 2 is 1.68 bits per heavy atom. The average Bonchev–Trinajstić information content (AvgIpc) is 3.53. The van der Waals surface area contributed by atoms with Crippen LogP contribution in [0.5, 0.6) is 17.2 Å². The van der Waals surface area contributed by atoms with Crippen LogP contribution in [0.2, 0.25) is 0 Å². The molecule has 1 fully saturated rings. The van der Waals surface area contributed by atoms with Gasteiger partial charge in [0, 0.05) is 29.3 Å². The third-order valence-corrected chi connectivity index (χ3v) is 8.25. The molecule has 10 heteroatoms. The maximum absolute atomic E-state index is 11.4. The zero-order valence-electron chi connectivity index (χ0n) is 24.7. The van der Waals surface area contributed by atoms with Crippen LogP contribution >= 0.6 is 12.2 Å². The largest absolute Gasteiger partial charge is 0.494 e. The number of methoxy groups -OCH3 is 1. The molecule has 2 aromatic heterocycles. The van der Waals surface area contributed by atoms with Gasteiger partial charge in [-0.05, 0) is 98.7 Å². The number of hydrogen-bond acceptors (Lipinski definition) is 6. The summed E-state index contributed by atoms with van der Waals surface area (Å²) in [5, 5.41) is 15.5. The second-order valence-corrected chi connectivity index (χ2v) is 11.0. The molecule has 0 bridgehead atoms. The van der Waals surface area contributed by atoms with Crippen LogP contribution < -0.4 is 19.7 Å². The molecule has 222 valence electrons. The lowest BCUT2D eigenvalue weighted by Crippen LogP contribution is -2.29. The number of benzene rings is 3. The number of nitro benzene ring substituents is 1. The molecule has 0 aliphatic carbocycles. The molecule has 1 saturated heterocycles. The van der Waals surface area contributed by atoms with Crippen LogP contribution in [0.15, 0.2) is 97.2 Å². The van der Waals surface area contributed by atoms with Gasteiger partial charge in [0.1, 0.15) is 17.2 Å². The van der Waals surface area contributed by atoms with Gasteiger partial charge in [0.05, 0.1) is 41.6 Å². The van der Waals surface area contributed by atoms with E-state index in [0.29, 0.717) is 16.5 Å². The van der Waals surface area contributed by atoms with Crippen LogP contribution in [-0.2, 0) is 0 Å². The number of aryl methyl sites for hydroxylation is 2. The standard InChI is InChI=1S/C34H31N5O4S/c1-21-9-5-6-11-30(21)43-26-15-12-24(13-16-26)38-33(32(36-34(38)44)28-10-7-8-18-35-28)27-19-22(2)37(23(27)3)29-17-14-25(39(40)41)20-31(29)42-4/h5-20,32-33H,1-4H3,(H,36,44)/t32-,33+/m0/s1. The number of para-hydroxylation sites is 1. The molecule has 3 aromatic carbocycles. The van der Waals surface area contributed by atoms with E-state index in [1.54, 1.807) is 12.3 Å². The number of nitrogens with zero attached hydrogens (tertiary/aromatic N) is 4. The van der Waals surface area contributed by atoms with Gasteiger partial charge in [0.2, 0.25) is 0 Å². The minimum atomic E-state index is -0.426. The van der Waals surface area contributed by atoms with Crippen molar-refractivity contribution >= 4 is 28.7 Å². The van der Waals surface area contributed by atoms with Crippen LogP contribution in [0.1, 0.15) is 40.3 Å². The number of hydrogen-bond donors (Lipinski definition) is 1. The molecular formula is C34H31N5O4S. The number of ether oxygens (including phenoxy) is 2. The van der Waals surface area contributed by atoms with E-state index in [2.05, 4.69) is 25.8 Å². The van der Waals surface area contributed by atoms with E-state index in [0.717, 1.165) is 45.4 Å². The quantitative estimate of drug-likeness (QED) is 0.109. The fraction of sp³-hybridized carbons (Fsp3) is 0.176. The summed E-state index contributed by atoms with van der Waals surface area (Å²) in [4.78, 5) is 17.8. The van der Waals surface area contributed by atoms with Crippen molar-refractivity contribution in [3.05, 3.63) is 136 Å². The van der Waals surface area contributed by atoms with E-state index in [-0.39, 0.29) is 17.8 Å². The van der Waals surface area contributed by atoms with Crippen molar-refractivity contribution in [2.24, 2.45) is 0 Å². The van der Waals surface area contributed by atoms with Crippen molar-refractivity contribution in [3.8, 4) is 22.9 Å². The van der Waals surface area contributed by atoms with Crippen molar-refractivity contribution in [1.82, 2.24) is 14.9 Å². The molecule has 0 unspecified atom stereocenters. The highest BCUT2D eigenvalue weighted by Gasteiger charge is 2.42. The Kier molecular flexibility index (Phi) is 7.75. The summed E-state index contributed by atoms with van der Waals surface area (Å²) in [7, 11) is 1.52. The number of nitrogens with one attached hydrogen (secondary N) is 1. The second kappa shape index (κ2) is 11.8.